The Balaban J connectivity index is 1.36. The second-order valence-corrected chi connectivity index (χ2v) is 8.03. The first kappa shape index (κ1) is 14.0. The summed E-state index contributed by atoms with van der Waals surface area (Å²) in [6.07, 6.45) is 6.02. The molecule has 5 aliphatic rings. The minimum atomic E-state index is -0.742. The summed E-state index contributed by atoms with van der Waals surface area (Å²) >= 11 is 0. The van der Waals surface area contributed by atoms with Crippen molar-refractivity contribution < 1.29 is 19.3 Å². The second kappa shape index (κ2) is 5.05. The molecule has 23 heavy (non-hydrogen) atoms. The number of hydrogen-bond donors (Lipinski definition) is 0. The third-order valence-electron chi connectivity index (χ3n) is 6.39. The number of hydrogen-bond acceptors (Lipinski definition) is 4. The highest BCUT2D eigenvalue weighted by Gasteiger charge is 2.58. The van der Waals surface area contributed by atoms with Crippen LogP contribution in [0.2, 0.25) is 0 Å². The van der Waals surface area contributed by atoms with Gasteiger partial charge in [-0.2, -0.15) is 4.89 Å². The molecule has 0 radical (unpaired) electrons. The molecule has 2 atom stereocenters. The quantitative estimate of drug-likeness (QED) is 0.615. The fourth-order valence-electron chi connectivity index (χ4n) is 5.92. The van der Waals surface area contributed by atoms with Crippen LogP contribution in [0.25, 0.3) is 0 Å². The summed E-state index contributed by atoms with van der Waals surface area (Å²) in [5.41, 5.74) is 0.762. The lowest BCUT2D eigenvalue weighted by atomic mass is 9.48. The van der Waals surface area contributed by atoms with E-state index >= 15 is 0 Å². The zero-order valence-electron chi connectivity index (χ0n) is 13.1. The van der Waals surface area contributed by atoms with Crippen LogP contribution in [0.4, 0.5) is 0 Å². The van der Waals surface area contributed by atoms with E-state index in [2.05, 4.69) is 0 Å². The van der Waals surface area contributed by atoms with Crippen LogP contribution in [-0.2, 0) is 19.3 Å². The molecule has 0 amide bonds. The van der Waals surface area contributed by atoms with E-state index in [1.165, 1.54) is 19.3 Å². The van der Waals surface area contributed by atoms with E-state index < -0.39 is 12.4 Å². The Morgan fingerprint density at radius 2 is 1.48 bits per heavy atom. The maximum Gasteiger partial charge on any atom is 0.341 e. The lowest BCUT2D eigenvalue weighted by molar-refractivity contribution is -0.436. The fraction of sp³-hybridized carbons (Fsp3) is 0.632. The predicted molar refractivity (Wildman–Crippen MR) is 81.8 cm³/mol. The zero-order chi connectivity index (χ0) is 15.4. The van der Waals surface area contributed by atoms with Crippen molar-refractivity contribution >= 4 is 5.97 Å². The van der Waals surface area contributed by atoms with E-state index in [1.807, 2.05) is 30.3 Å². The van der Waals surface area contributed by atoms with Gasteiger partial charge in [0.05, 0.1) is 0 Å². The van der Waals surface area contributed by atoms with Crippen LogP contribution < -0.4 is 0 Å². The van der Waals surface area contributed by atoms with E-state index in [9.17, 15) is 4.79 Å². The van der Waals surface area contributed by atoms with Crippen molar-refractivity contribution in [2.45, 2.75) is 50.9 Å². The zero-order valence-corrected chi connectivity index (χ0v) is 13.1. The van der Waals surface area contributed by atoms with Gasteiger partial charge in [0, 0.05) is 11.0 Å². The fourth-order valence-corrected chi connectivity index (χ4v) is 5.92. The summed E-state index contributed by atoms with van der Waals surface area (Å²) in [5, 5.41) is 0. The van der Waals surface area contributed by atoms with Crippen molar-refractivity contribution in [3.63, 3.8) is 0 Å². The first-order chi connectivity index (χ1) is 11.2. The standard InChI is InChI=1S/C19H22O4/c20-17-16(22-23-18(21-17)15-4-2-1-3-5-15)19-9-12-6-13(10-19)8-14(7-12)11-19/h1-5,12-14,16,18H,6-11H2/t12?,13?,14?,16-,18-,19?/m1/s1. The molecule has 122 valence electrons. The van der Waals surface area contributed by atoms with Crippen molar-refractivity contribution in [3.05, 3.63) is 35.9 Å². The van der Waals surface area contributed by atoms with Gasteiger partial charge in [0.2, 0.25) is 0 Å². The van der Waals surface area contributed by atoms with Gasteiger partial charge in [0.25, 0.3) is 6.29 Å². The third-order valence-corrected chi connectivity index (χ3v) is 6.39. The molecule has 4 heteroatoms. The van der Waals surface area contributed by atoms with Crippen LogP contribution in [0.1, 0.15) is 50.4 Å². The van der Waals surface area contributed by atoms with Gasteiger partial charge in [0.1, 0.15) is 0 Å². The van der Waals surface area contributed by atoms with Crippen LogP contribution in [-0.4, -0.2) is 12.1 Å². The number of esters is 1. The summed E-state index contributed by atoms with van der Waals surface area (Å²) in [5.74, 6) is 2.06. The van der Waals surface area contributed by atoms with Crippen molar-refractivity contribution in [1.82, 2.24) is 0 Å². The van der Waals surface area contributed by atoms with Gasteiger partial charge in [-0.25, -0.2) is 9.68 Å². The van der Waals surface area contributed by atoms with Crippen LogP contribution >= 0.6 is 0 Å². The van der Waals surface area contributed by atoms with Gasteiger partial charge in [0.15, 0.2) is 6.10 Å². The Morgan fingerprint density at radius 3 is 2.04 bits per heavy atom. The van der Waals surface area contributed by atoms with Crippen LogP contribution in [0, 0.1) is 23.2 Å². The normalized spacial score (nSPS) is 45.0. The highest BCUT2D eigenvalue weighted by Crippen LogP contribution is 2.62. The van der Waals surface area contributed by atoms with E-state index in [0.717, 1.165) is 42.6 Å². The van der Waals surface area contributed by atoms with Gasteiger partial charge in [-0.1, -0.05) is 30.3 Å². The molecule has 1 aromatic rings. The lowest BCUT2D eigenvalue weighted by Gasteiger charge is -2.58. The smallest absolute Gasteiger partial charge is 0.341 e. The van der Waals surface area contributed by atoms with Gasteiger partial charge < -0.3 is 4.74 Å². The second-order valence-electron chi connectivity index (χ2n) is 8.03. The molecule has 0 spiro atoms. The van der Waals surface area contributed by atoms with E-state index in [0.29, 0.717) is 0 Å². The minimum absolute atomic E-state index is 0.0481. The number of benzene rings is 1. The first-order valence-electron chi connectivity index (χ1n) is 8.79. The van der Waals surface area contributed by atoms with Crippen molar-refractivity contribution in [1.29, 1.82) is 0 Å². The maximum atomic E-state index is 12.7. The Kier molecular flexibility index (Phi) is 3.07. The summed E-state index contributed by atoms with van der Waals surface area (Å²) in [6.45, 7) is 0. The molecule has 1 aliphatic heterocycles. The lowest BCUT2D eigenvalue weighted by Crippen LogP contribution is -2.56. The number of carbonyl (C=O) groups excluding carboxylic acids is 1. The van der Waals surface area contributed by atoms with Crippen LogP contribution in [0.5, 0.6) is 0 Å². The Labute approximate surface area is 136 Å². The SMILES string of the molecule is O=C1O[C@@H](c2ccccc2)OO[C@H]1C12CC3CC(CC(C3)C1)C2. The molecular weight excluding hydrogens is 292 g/mol. The Morgan fingerprint density at radius 1 is 0.870 bits per heavy atom. The van der Waals surface area contributed by atoms with Gasteiger partial charge in [-0.15, -0.1) is 0 Å². The molecule has 4 nitrogen and oxygen atoms in total. The van der Waals surface area contributed by atoms with Crippen LogP contribution in [0.3, 0.4) is 0 Å². The predicted octanol–water partition coefficient (Wildman–Crippen LogP) is 3.78. The molecule has 1 saturated heterocycles. The number of rotatable bonds is 2. The van der Waals surface area contributed by atoms with Gasteiger partial charge in [-0.05, 0) is 56.3 Å². The highest BCUT2D eigenvalue weighted by atomic mass is 17.2. The summed E-state index contributed by atoms with van der Waals surface area (Å²) < 4.78 is 5.59. The molecular formula is C19H22O4. The molecule has 5 fully saturated rings. The summed E-state index contributed by atoms with van der Waals surface area (Å²) in [7, 11) is 0. The van der Waals surface area contributed by atoms with Gasteiger partial charge >= 0.3 is 5.97 Å². The number of cyclic esters (lactones) is 1. The highest BCUT2D eigenvalue weighted by molar-refractivity contribution is 5.76. The Hall–Kier alpha value is -1.39. The molecule has 1 heterocycles. The van der Waals surface area contributed by atoms with E-state index in [-0.39, 0.29) is 11.4 Å². The van der Waals surface area contributed by atoms with E-state index in [1.54, 1.807) is 0 Å². The molecule has 6 rings (SSSR count). The average molecular weight is 314 g/mol. The summed E-state index contributed by atoms with van der Waals surface area (Å²) in [4.78, 5) is 23.8. The molecule has 4 saturated carbocycles. The molecule has 0 unspecified atom stereocenters. The Bertz CT molecular complexity index is 576. The number of ether oxygens (including phenoxy) is 1. The monoisotopic (exact) mass is 314 g/mol. The summed E-state index contributed by atoms with van der Waals surface area (Å²) in [6, 6.07) is 9.49. The average Bonchev–Trinajstić information content (AvgIpc) is 2.54. The first-order valence-corrected chi connectivity index (χ1v) is 8.79. The van der Waals surface area contributed by atoms with Crippen molar-refractivity contribution in [2.75, 3.05) is 0 Å². The number of carbonyl (C=O) groups is 1. The molecule has 4 aliphatic carbocycles. The maximum absolute atomic E-state index is 12.7. The molecule has 1 aromatic carbocycles. The molecule has 0 N–H and O–H groups in total. The van der Waals surface area contributed by atoms with Crippen molar-refractivity contribution in [2.24, 2.45) is 23.2 Å². The van der Waals surface area contributed by atoms with Crippen molar-refractivity contribution in [3.8, 4) is 0 Å². The largest absolute Gasteiger partial charge is 0.426 e. The van der Waals surface area contributed by atoms with Gasteiger partial charge in [-0.3, -0.25) is 0 Å². The van der Waals surface area contributed by atoms with E-state index in [4.69, 9.17) is 14.5 Å². The third kappa shape index (κ3) is 2.23. The minimum Gasteiger partial charge on any atom is -0.426 e. The topological polar surface area (TPSA) is 44.8 Å². The molecule has 4 bridgehead atoms. The van der Waals surface area contributed by atoms with Crippen LogP contribution in [0.15, 0.2) is 30.3 Å². The molecule has 0 aromatic heterocycles.